The quantitative estimate of drug-likeness (QED) is 0.780. The van der Waals surface area contributed by atoms with Crippen molar-refractivity contribution in [3.63, 3.8) is 0 Å². The Morgan fingerprint density at radius 2 is 1.69 bits per heavy atom. The molecule has 0 saturated heterocycles. The van der Waals surface area contributed by atoms with Crippen molar-refractivity contribution in [2.24, 2.45) is 11.1 Å². The monoisotopic (exact) mass is 227 g/mol. The van der Waals surface area contributed by atoms with E-state index in [0.29, 0.717) is 5.41 Å². The summed E-state index contributed by atoms with van der Waals surface area (Å²) in [5.74, 6) is 0. The van der Waals surface area contributed by atoms with E-state index in [4.69, 9.17) is 10.5 Å². The van der Waals surface area contributed by atoms with Gasteiger partial charge in [-0.2, -0.15) is 0 Å². The van der Waals surface area contributed by atoms with Crippen LogP contribution in [0.2, 0.25) is 0 Å². The summed E-state index contributed by atoms with van der Waals surface area (Å²) in [6, 6.07) is 0.216. The van der Waals surface area contributed by atoms with Gasteiger partial charge in [-0.25, -0.2) is 0 Å². The Hall–Kier alpha value is -0.0800. The van der Waals surface area contributed by atoms with Crippen LogP contribution in [0.25, 0.3) is 0 Å². The predicted molar refractivity (Wildman–Crippen MR) is 69.5 cm³/mol. The second kappa shape index (κ2) is 5.50. The van der Waals surface area contributed by atoms with E-state index in [0.717, 1.165) is 32.3 Å². The molecule has 0 spiro atoms. The third-order valence-corrected chi connectivity index (χ3v) is 4.16. The molecular formula is C14H29NO. The van der Waals surface area contributed by atoms with Crippen LogP contribution in [0, 0.1) is 5.41 Å². The topological polar surface area (TPSA) is 35.2 Å². The zero-order chi connectivity index (χ0) is 12.2. The van der Waals surface area contributed by atoms with E-state index in [1.165, 1.54) is 12.8 Å². The smallest absolute Gasteiger partial charge is 0.0832 e. The number of hydrogen-bond acceptors (Lipinski definition) is 2. The average Bonchev–Trinajstić information content (AvgIpc) is 2.22. The minimum Gasteiger partial charge on any atom is -0.374 e. The molecule has 2 nitrogen and oxygen atoms in total. The first kappa shape index (κ1) is 14.0. The second-order valence-corrected chi connectivity index (χ2v) is 6.06. The Morgan fingerprint density at radius 1 is 1.12 bits per heavy atom. The lowest BCUT2D eigenvalue weighted by Gasteiger charge is -2.46. The Bertz CT molecular complexity index is 203. The van der Waals surface area contributed by atoms with Crippen LogP contribution in [-0.4, -0.2) is 18.2 Å². The molecule has 16 heavy (non-hydrogen) atoms. The largest absolute Gasteiger partial charge is 0.374 e. The van der Waals surface area contributed by atoms with Crippen LogP contribution in [0.5, 0.6) is 0 Å². The van der Waals surface area contributed by atoms with Crippen LogP contribution in [-0.2, 0) is 4.74 Å². The van der Waals surface area contributed by atoms with E-state index < -0.39 is 0 Å². The van der Waals surface area contributed by atoms with Gasteiger partial charge >= 0.3 is 0 Å². The lowest BCUT2D eigenvalue weighted by Crippen LogP contribution is -2.53. The molecule has 1 atom stereocenters. The molecule has 0 heterocycles. The molecule has 0 unspecified atom stereocenters. The molecule has 96 valence electrons. The Balaban J connectivity index is 2.67. The van der Waals surface area contributed by atoms with Crippen molar-refractivity contribution in [1.29, 1.82) is 0 Å². The van der Waals surface area contributed by atoms with Crippen molar-refractivity contribution in [1.82, 2.24) is 0 Å². The molecule has 2 N–H and O–H groups in total. The van der Waals surface area contributed by atoms with E-state index in [-0.39, 0.29) is 11.6 Å². The summed E-state index contributed by atoms with van der Waals surface area (Å²) < 4.78 is 6.05. The minimum absolute atomic E-state index is 0.0275. The van der Waals surface area contributed by atoms with Crippen molar-refractivity contribution in [2.45, 2.75) is 77.9 Å². The summed E-state index contributed by atoms with van der Waals surface area (Å²) in [5, 5.41) is 0. The van der Waals surface area contributed by atoms with Crippen molar-refractivity contribution in [3.05, 3.63) is 0 Å². The molecule has 0 aromatic heterocycles. The first-order valence-electron chi connectivity index (χ1n) is 6.85. The van der Waals surface area contributed by atoms with Crippen LogP contribution in [0.4, 0.5) is 0 Å². The van der Waals surface area contributed by atoms with E-state index in [9.17, 15) is 0 Å². The standard InChI is InChI=1S/C14H29NO/c1-5-7-12(15)14(16-6-2)10-8-13(3,4)9-11-14/h12H,5-11,15H2,1-4H3/t12-/m0/s1. The van der Waals surface area contributed by atoms with E-state index in [1.807, 2.05) is 0 Å². The number of hydrogen-bond donors (Lipinski definition) is 1. The van der Waals surface area contributed by atoms with Crippen molar-refractivity contribution >= 4 is 0 Å². The Labute approximate surface area is 101 Å². The molecule has 1 aliphatic rings. The van der Waals surface area contributed by atoms with Gasteiger partial charge in [0.15, 0.2) is 0 Å². The van der Waals surface area contributed by atoms with Gasteiger partial charge in [0.2, 0.25) is 0 Å². The van der Waals surface area contributed by atoms with E-state index in [1.54, 1.807) is 0 Å². The summed E-state index contributed by atoms with van der Waals surface area (Å²) in [6.07, 6.45) is 6.98. The zero-order valence-electron chi connectivity index (χ0n) is 11.5. The van der Waals surface area contributed by atoms with Crippen molar-refractivity contribution in [3.8, 4) is 0 Å². The molecule has 0 aromatic rings. The number of ether oxygens (including phenoxy) is 1. The first-order valence-corrected chi connectivity index (χ1v) is 6.85. The van der Waals surface area contributed by atoms with Gasteiger partial charge < -0.3 is 10.5 Å². The second-order valence-electron chi connectivity index (χ2n) is 6.06. The molecule has 1 saturated carbocycles. The Morgan fingerprint density at radius 3 is 2.12 bits per heavy atom. The van der Waals surface area contributed by atoms with E-state index >= 15 is 0 Å². The SMILES string of the molecule is CCC[C@H](N)C1(OCC)CCC(C)(C)CC1. The molecule has 0 bridgehead atoms. The highest BCUT2D eigenvalue weighted by molar-refractivity contribution is 4.97. The minimum atomic E-state index is -0.0275. The highest BCUT2D eigenvalue weighted by Gasteiger charge is 2.42. The molecule has 2 heteroatoms. The van der Waals surface area contributed by atoms with Crippen molar-refractivity contribution in [2.75, 3.05) is 6.61 Å². The molecule has 0 aliphatic heterocycles. The van der Waals surface area contributed by atoms with Crippen LogP contribution >= 0.6 is 0 Å². The van der Waals surface area contributed by atoms with Gasteiger partial charge in [0.1, 0.15) is 0 Å². The van der Waals surface area contributed by atoms with E-state index in [2.05, 4.69) is 27.7 Å². The number of nitrogens with two attached hydrogens (primary N) is 1. The summed E-state index contributed by atoms with van der Waals surface area (Å²) in [6.45, 7) is 9.78. The maximum atomic E-state index is 6.34. The van der Waals surface area contributed by atoms with Crippen LogP contribution in [0.3, 0.4) is 0 Å². The van der Waals surface area contributed by atoms with Gasteiger partial charge in [-0.15, -0.1) is 0 Å². The van der Waals surface area contributed by atoms with Crippen molar-refractivity contribution < 1.29 is 4.74 Å². The molecule has 1 aliphatic carbocycles. The first-order chi connectivity index (χ1) is 7.46. The van der Waals surface area contributed by atoms with Gasteiger partial charge in [-0.1, -0.05) is 27.2 Å². The third kappa shape index (κ3) is 3.21. The molecule has 0 aromatic carbocycles. The third-order valence-electron chi connectivity index (χ3n) is 4.16. The van der Waals surface area contributed by atoms with Crippen LogP contribution in [0.15, 0.2) is 0 Å². The lowest BCUT2D eigenvalue weighted by molar-refractivity contribution is -0.100. The average molecular weight is 227 g/mol. The normalized spacial score (nSPS) is 25.3. The summed E-state index contributed by atoms with van der Waals surface area (Å²) in [5.41, 5.74) is 6.79. The molecule has 0 amide bonds. The Kier molecular flexibility index (Phi) is 4.81. The maximum Gasteiger partial charge on any atom is 0.0832 e. The molecule has 0 radical (unpaired) electrons. The van der Waals surface area contributed by atoms with Gasteiger partial charge in [0.05, 0.1) is 5.60 Å². The van der Waals surface area contributed by atoms with Gasteiger partial charge in [0, 0.05) is 12.6 Å². The molecular weight excluding hydrogens is 198 g/mol. The lowest BCUT2D eigenvalue weighted by atomic mass is 9.68. The van der Waals surface area contributed by atoms with Gasteiger partial charge in [-0.3, -0.25) is 0 Å². The van der Waals surface area contributed by atoms with Crippen LogP contribution < -0.4 is 5.73 Å². The number of rotatable bonds is 5. The van der Waals surface area contributed by atoms with Gasteiger partial charge in [0.25, 0.3) is 0 Å². The molecule has 1 fully saturated rings. The highest BCUT2D eigenvalue weighted by atomic mass is 16.5. The molecule has 1 rings (SSSR count). The van der Waals surface area contributed by atoms with Gasteiger partial charge in [-0.05, 0) is 44.4 Å². The predicted octanol–water partition coefficient (Wildman–Crippen LogP) is 3.49. The highest BCUT2D eigenvalue weighted by Crippen LogP contribution is 2.43. The van der Waals surface area contributed by atoms with Crippen LogP contribution in [0.1, 0.15) is 66.2 Å². The zero-order valence-corrected chi connectivity index (χ0v) is 11.5. The fourth-order valence-corrected chi connectivity index (χ4v) is 2.83. The summed E-state index contributed by atoms with van der Waals surface area (Å²) in [4.78, 5) is 0. The maximum absolute atomic E-state index is 6.34. The fraction of sp³-hybridized carbons (Fsp3) is 1.00. The fourth-order valence-electron chi connectivity index (χ4n) is 2.83. The summed E-state index contributed by atoms with van der Waals surface area (Å²) >= 11 is 0. The summed E-state index contributed by atoms with van der Waals surface area (Å²) in [7, 11) is 0.